The van der Waals surface area contributed by atoms with Crippen LogP contribution in [0.15, 0.2) is 72.8 Å². The number of piperazine rings is 1. The van der Waals surface area contributed by atoms with Crippen LogP contribution >= 0.6 is 11.6 Å². The van der Waals surface area contributed by atoms with Crippen LogP contribution < -0.4 is 14.5 Å². The van der Waals surface area contributed by atoms with Crippen molar-refractivity contribution in [3.8, 4) is 11.5 Å². The van der Waals surface area contributed by atoms with Crippen LogP contribution in [-0.4, -0.2) is 49.2 Å². The number of carbonyl (C=O) groups is 2. The fourth-order valence-electron chi connectivity index (χ4n) is 4.56. The smallest absolute Gasteiger partial charge is 0.330 e. The highest BCUT2D eigenvalue weighted by atomic mass is 35.5. The van der Waals surface area contributed by atoms with Crippen LogP contribution in [-0.2, 0) is 16.1 Å². The Bertz CT molecular complexity index is 1240. The van der Waals surface area contributed by atoms with Crippen LogP contribution in [0.2, 0.25) is 5.02 Å². The predicted molar refractivity (Wildman–Crippen MR) is 135 cm³/mol. The van der Waals surface area contributed by atoms with Crippen LogP contribution in [0.1, 0.15) is 12.5 Å². The fraction of sp³-hybridized carbons (Fsp3) is 0.259. The maximum atomic E-state index is 13.9. The Morgan fingerprint density at radius 3 is 2.57 bits per heavy atom. The quantitative estimate of drug-likeness (QED) is 0.464. The van der Waals surface area contributed by atoms with Crippen LogP contribution in [0, 0.1) is 0 Å². The minimum Gasteiger partial charge on any atom is -0.464 e. The lowest BCUT2D eigenvalue weighted by molar-refractivity contribution is -0.145. The molecule has 1 unspecified atom stereocenters. The predicted octanol–water partition coefficient (Wildman–Crippen LogP) is 5.33. The SMILES string of the molecule is CCOC(=O)C1CN(C(=O)N2Cc3ccccc3Oc3ccc(Cl)cc32)CCN1c1ccccc1. The van der Waals surface area contributed by atoms with Gasteiger partial charge in [0.05, 0.1) is 25.4 Å². The first-order valence-corrected chi connectivity index (χ1v) is 12.0. The number of halogens is 1. The number of rotatable bonds is 3. The molecule has 1 saturated heterocycles. The standard InChI is InChI=1S/C27H26ClN3O4/c1-2-34-26(32)23-18-29(14-15-30(23)21-9-4-3-5-10-21)27(33)31-17-19-8-6-7-11-24(19)35-25-13-12-20(28)16-22(25)31/h3-13,16,23H,2,14-15,17-18H2,1H3. The first-order chi connectivity index (χ1) is 17.0. The molecule has 3 aromatic rings. The zero-order valence-corrected chi connectivity index (χ0v) is 20.1. The Balaban J connectivity index is 1.46. The minimum absolute atomic E-state index is 0.210. The second kappa shape index (κ2) is 9.88. The average molecular weight is 492 g/mol. The monoisotopic (exact) mass is 491 g/mol. The van der Waals surface area contributed by atoms with Crippen molar-refractivity contribution >= 4 is 35.0 Å². The number of ether oxygens (including phenoxy) is 2. The van der Waals surface area contributed by atoms with E-state index < -0.39 is 6.04 Å². The summed E-state index contributed by atoms with van der Waals surface area (Å²) in [6, 6.07) is 21.8. The number of benzene rings is 3. The lowest BCUT2D eigenvalue weighted by Crippen LogP contribution is -2.60. The van der Waals surface area contributed by atoms with E-state index in [2.05, 4.69) is 0 Å². The number of urea groups is 1. The minimum atomic E-state index is -0.607. The van der Waals surface area contributed by atoms with E-state index in [9.17, 15) is 9.59 Å². The van der Waals surface area contributed by atoms with Gasteiger partial charge in [-0.05, 0) is 43.3 Å². The first kappa shape index (κ1) is 23.1. The van der Waals surface area contributed by atoms with E-state index in [0.717, 1.165) is 11.3 Å². The molecule has 5 rings (SSSR count). The van der Waals surface area contributed by atoms with Crippen LogP contribution in [0.5, 0.6) is 11.5 Å². The van der Waals surface area contributed by atoms with Crippen LogP contribution in [0.3, 0.4) is 0 Å². The summed E-state index contributed by atoms with van der Waals surface area (Å²) in [6.45, 7) is 3.55. The molecule has 2 aliphatic heterocycles. The largest absolute Gasteiger partial charge is 0.464 e. The summed E-state index contributed by atoms with van der Waals surface area (Å²) in [4.78, 5) is 32.3. The molecule has 35 heavy (non-hydrogen) atoms. The normalized spacial score (nSPS) is 17.1. The number of fused-ring (bicyclic) bond motifs is 2. The number of hydrogen-bond donors (Lipinski definition) is 0. The fourth-order valence-corrected chi connectivity index (χ4v) is 4.73. The van der Waals surface area contributed by atoms with Gasteiger partial charge in [-0.15, -0.1) is 0 Å². The number of nitrogens with zero attached hydrogens (tertiary/aromatic N) is 3. The molecule has 180 valence electrons. The van der Waals surface area contributed by atoms with Gasteiger partial charge < -0.3 is 19.3 Å². The molecule has 2 amide bonds. The van der Waals surface area contributed by atoms with Gasteiger partial charge in [0.25, 0.3) is 0 Å². The molecule has 0 spiro atoms. The van der Waals surface area contributed by atoms with Crippen LogP contribution in [0.4, 0.5) is 16.2 Å². The Labute approximate surface area is 209 Å². The van der Waals surface area contributed by atoms with Crippen molar-refractivity contribution in [2.45, 2.75) is 19.5 Å². The maximum Gasteiger partial charge on any atom is 0.330 e. The zero-order chi connectivity index (χ0) is 24.4. The third-order valence-corrected chi connectivity index (χ3v) is 6.50. The molecule has 8 heteroatoms. The molecule has 0 radical (unpaired) electrons. The molecule has 7 nitrogen and oxygen atoms in total. The molecule has 1 fully saturated rings. The highest BCUT2D eigenvalue weighted by Gasteiger charge is 2.38. The van der Waals surface area contributed by atoms with E-state index >= 15 is 0 Å². The zero-order valence-electron chi connectivity index (χ0n) is 19.4. The van der Waals surface area contributed by atoms with Crippen molar-refractivity contribution in [1.29, 1.82) is 0 Å². The molecule has 1 atom stereocenters. The molecule has 2 heterocycles. The molecule has 0 N–H and O–H groups in total. The van der Waals surface area contributed by atoms with E-state index in [-0.39, 0.29) is 25.2 Å². The topological polar surface area (TPSA) is 62.3 Å². The van der Waals surface area contributed by atoms with Gasteiger partial charge in [-0.2, -0.15) is 0 Å². The summed E-state index contributed by atoms with van der Waals surface area (Å²) in [5, 5.41) is 0.509. The summed E-state index contributed by atoms with van der Waals surface area (Å²) in [7, 11) is 0. The van der Waals surface area contributed by atoms with Gasteiger partial charge >= 0.3 is 12.0 Å². The van der Waals surface area contributed by atoms with Gasteiger partial charge in [0.15, 0.2) is 5.75 Å². The van der Waals surface area contributed by atoms with Gasteiger partial charge in [-0.1, -0.05) is 48.0 Å². The average Bonchev–Trinajstić information content (AvgIpc) is 3.05. The molecule has 0 bridgehead atoms. The van der Waals surface area contributed by atoms with Crippen LogP contribution in [0.25, 0.3) is 0 Å². The number of carbonyl (C=O) groups excluding carboxylic acids is 2. The highest BCUT2D eigenvalue weighted by Crippen LogP contribution is 2.41. The van der Waals surface area contributed by atoms with Gasteiger partial charge in [-0.25, -0.2) is 9.59 Å². The van der Waals surface area contributed by atoms with Crippen molar-refractivity contribution in [3.63, 3.8) is 0 Å². The molecular weight excluding hydrogens is 466 g/mol. The highest BCUT2D eigenvalue weighted by molar-refractivity contribution is 6.31. The number of amides is 2. The lowest BCUT2D eigenvalue weighted by atomic mass is 10.1. The third-order valence-electron chi connectivity index (χ3n) is 6.26. The van der Waals surface area contributed by atoms with Gasteiger partial charge in [0.1, 0.15) is 11.8 Å². The maximum absolute atomic E-state index is 13.9. The number of esters is 1. The Morgan fingerprint density at radius 2 is 1.77 bits per heavy atom. The van der Waals surface area contributed by atoms with Crippen molar-refractivity contribution in [3.05, 3.63) is 83.4 Å². The van der Waals surface area contributed by atoms with E-state index in [1.165, 1.54) is 0 Å². The summed E-state index contributed by atoms with van der Waals surface area (Å²) in [6.07, 6.45) is 0. The number of hydrogen-bond acceptors (Lipinski definition) is 5. The molecule has 0 saturated carbocycles. The van der Waals surface area contributed by atoms with E-state index in [1.807, 2.05) is 59.5 Å². The van der Waals surface area contributed by atoms with Gasteiger partial charge in [0, 0.05) is 29.4 Å². The molecule has 2 aliphatic rings. The lowest BCUT2D eigenvalue weighted by Gasteiger charge is -2.42. The van der Waals surface area contributed by atoms with Crippen molar-refractivity contribution in [2.75, 3.05) is 36.0 Å². The summed E-state index contributed by atoms with van der Waals surface area (Å²) < 4.78 is 11.5. The Morgan fingerprint density at radius 1 is 1.00 bits per heavy atom. The van der Waals surface area contributed by atoms with Crippen molar-refractivity contribution < 1.29 is 19.1 Å². The van der Waals surface area contributed by atoms with Crippen molar-refractivity contribution in [2.24, 2.45) is 0 Å². The molecule has 0 aromatic heterocycles. The van der Waals surface area contributed by atoms with Gasteiger partial charge in [-0.3, -0.25) is 4.90 Å². The Hall–Kier alpha value is -3.71. The first-order valence-electron chi connectivity index (χ1n) is 11.6. The van der Waals surface area contributed by atoms with Gasteiger partial charge in [0.2, 0.25) is 0 Å². The molecular formula is C27H26ClN3O4. The van der Waals surface area contributed by atoms with Crippen molar-refractivity contribution in [1.82, 2.24) is 4.90 Å². The van der Waals surface area contributed by atoms with E-state index in [1.54, 1.807) is 34.9 Å². The second-order valence-electron chi connectivity index (χ2n) is 8.43. The summed E-state index contributed by atoms with van der Waals surface area (Å²) in [5.41, 5.74) is 2.40. The second-order valence-corrected chi connectivity index (χ2v) is 8.87. The van der Waals surface area contributed by atoms with E-state index in [4.69, 9.17) is 21.1 Å². The Kier molecular flexibility index (Phi) is 6.51. The summed E-state index contributed by atoms with van der Waals surface area (Å²) >= 11 is 6.31. The van der Waals surface area contributed by atoms with E-state index in [0.29, 0.717) is 41.8 Å². The molecule has 3 aromatic carbocycles. The molecule has 0 aliphatic carbocycles. The third kappa shape index (κ3) is 4.64. The number of para-hydroxylation sites is 2. The number of anilines is 2. The summed E-state index contributed by atoms with van der Waals surface area (Å²) in [5.74, 6) is 0.907.